The molecular weight excluding hydrogens is 336 g/mol. The van der Waals surface area contributed by atoms with E-state index in [1.165, 1.54) is 31.4 Å². The molecule has 0 spiro atoms. The number of hydrogen-bond acceptors (Lipinski definition) is 7. The predicted octanol–water partition coefficient (Wildman–Crippen LogP) is 1.54. The number of hydrogen-bond donors (Lipinski definition) is 1. The van der Waals surface area contributed by atoms with Crippen molar-refractivity contribution in [2.24, 2.45) is 0 Å². The van der Waals surface area contributed by atoms with E-state index in [0.717, 1.165) is 25.2 Å². The van der Waals surface area contributed by atoms with Crippen molar-refractivity contribution in [2.75, 3.05) is 31.1 Å². The van der Waals surface area contributed by atoms with Gasteiger partial charge in [-0.1, -0.05) is 0 Å². The number of amides is 1. The van der Waals surface area contributed by atoms with Crippen molar-refractivity contribution in [3.8, 4) is 5.88 Å². The molecule has 8 heteroatoms. The van der Waals surface area contributed by atoms with Crippen LogP contribution in [0.1, 0.15) is 35.4 Å². The number of piperidine rings is 1. The van der Waals surface area contributed by atoms with Crippen LogP contribution in [0.4, 0.5) is 5.82 Å². The molecule has 0 atom stereocenters. The highest BCUT2D eigenvalue weighted by Crippen LogP contribution is 2.21. The molecule has 1 aliphatic heterocycles. The SMILES string of the molecule is Cc1nc(OCCNC(=O)c2ccc(=O)oc2)cc(N2CCCCC2)n1. The first kappa shape index (κ1) is 17.9. The zero-order valence-electron chi connectivity index (χ0n) is 14.7. The highest BCUT2D eigenvalue weighted by molar-refractivity contribution is 5.93. The average Bonchev–Trinajstić information content (AvgIpc) is 2.66. The molecule has 2 aromatic rings. The molecule has 1 N–H and O–H groups in total. The van der Waals surface area contributed by atoms with Crippen LogP contribution in [-0.4, -0.2) is 42.1 Å². The summed E-state index contributed by atoms with van der Waals surface area (Å²) in [6, 6.07) is 4.46. The van der Waals surface area contributed by atoms with Crippen LogP contribution in [0, 0.1) is 6.92 Å². The van der Waals surface area contributed by atoms with Gasteiger partial charge in [0.2, 0.25) is 5.88 Å². The van der Waals surface area contributed by atoms with Crippen molar-refractivity contribution in [1.29, 1.82) is 0 Å². The molecule has 0 aliphatic carbocycles. The zero-order chi connectivity index (χ0) is 18.4. The fraction of sp³-hybridized carbons (Fsp3) is 0.444. The maximum atomic E-state index is 11.9. The Hall–Kier alpha value is -2.90. The van der Waals surface area contributed by atoms with E-state index in [2.05, 4.69) is 24.6 Å². The largest absolute Gasteiger partial charge is 0.476 e. The van der Waals surface area contributed by atoms with E-state index in [9.17, 15) is 9.59 Å². The number of anilines is 1. The van der Waals surface area contributed by atoms with Crippen LogP contribution < -0.4 is 20.6 Å². The molecule has 0 unspecified atom stereocenters. The van der Waals surface area contributed by atoms with Gasteiger partial charge in [-0.3, -0.25) is 4.79 Å². The van der Waals surface area contributed by atoms with E-state index in [4.69, 9.17) is 4.74 Å². The number of rotatable bonds is 6. The van der Waals surface area contributed by atoms with Gasteiger partial charge in [0.25, 0.3) is 5.91 Å². The van der Waals surface area contributed by atoms with Gasteiger partial charge in [-0.15, -0.1) is 0 Å². The van der Waals surface area contributed by atoms with Gasteiger partial charge >= 0.3 is 5.63 Å². The number of aryl methyl sites for hydroxylation is 1. The molecule has 26 heavy (non-hydrogen) atoms. The molecule has 2 aromatic heterocycles. The fourth-order valence-electron chi connectivity index (χ4n) is 2.79. The van der Waals surface area contributed by atoms with Gasteiger partial charge in [0.15, 0.2) is 0 Å². The van der Waals surface area contributed by atoms with Gasteiger partial charge in [-0.05, 0) is 32.3 Å². The van der Waals surface area contributed by atoms with E-state index < -0.39 is 5.63 Å². The third-order valence-electron chi connectivity index (χ3n) is 4.08. The summed E-state index contributed by atoms with van der Waals surface area (Å²) in [4.78, 5) is 33.8. The summed E-state index contributed by atoms with van der Waals surface area (Å²) in [5.41, 5.74) is -0.205. The summed E-state index contributed by atoms with van der Waals surface area (Å²) in [6.07, 6.45) is 4.74. The van der Waals surface area contributed by atoms with Crippen LogP contribution in [0.15, 0.2) is 33.7 Å². The lowest BCUT2D eigenvalue weighted by Gasteiger charge is -2.28. The lowest BCUT2D eigenvalue weighted by molar-refractivity contribution is 0.0944. The number of nitrogens with one attached hydrogen (secondary N) is 1. The molecule has 1 amide bonds. The lowest BCUT2D eigenvalue weighted by Crippen LogP contribution is -2.30. The molecule has 138 valence electrons. The number of ether oxygens (including phenoxy) is 1. The Kier molecular flexibility index (Phi) is 5.83. The van der Waals surface area contributed by atoms with Gasteiger partial charge in [0.1, 0.15) is 24.5 Å². The second kappa shape index (κ2) is 8.46. The fourth-order valence-corrected chi connectivity index (χ4v) is 2.79. The van der Waals surface area contributed by atoms with Gasteiger partial charge in [-0.2, -0.15) is 4.98 Å². The maximum Gasteiger partial charge on any atom is 0.335 e. The van der Waals surface area contributed by atoms with Crippen molar-refractivity contribution in [3.63, 3.8) is 0 Å². The number of aromatic nitrogens is 2. The van der Waals surface area contributed by atoms with E-state index in [1.807, 2.05) is 13.0 Å². The Morgan fingerprint density at radius 2 is 2.08 bits per heavy atom. The molecule has 1 saturated heterocycles. The number of carbonyl (C=O) groups excluding carboxylic acids is 1. The van der Waals surface area contributed by atoms with Crippen molar-refractivity contribution in [1.82, 2.24) is 15.3 Å². The molecule has 0 radical (unpaired) electrons. The zero-order valence-corrected chi connectivity index (χ0v) is 14.7. The standard InChI is InChI=1S/C18H22N4O4/c1-13-20-15(22-8-3-2-4-9-22)11-16(21-13)25-10-7-19-18(24)14-5-6-17(23)26-12-14/h5-6,11-12H,2-4,7-10H2,1H3,(H,19,24). The second-order valence-electron chi connectivity index (χ2n) is 6.11. The second-order valence-corrected chi connectivity index (χ2v) is 6.11. The van der Waals surface area contributed by atoms with Gasteiger partial charge < -0.3 is 19.4 Å². The maximum absolute atomic E-state index is 11.9. The van der Waals surface area contributed by atoms with Crippen LogP contribution in [0.5, 0.6) is 5.88 Å². The van der Waals surface area contributed by atoms with Crippen LogP contribution >= 0.6 is 0 Å². The number of nitrogens with zero attached hydrogens (tertiary/aromatic N) is 3. The van der Waals surface area contributed by atoms with Gasteiger partial charge in [0, 0.05) is 25.2 Å². The van der Waals surface area contributed by atoms with Gasteiger partial charge in [0.05, 0.1) is 12.1 Å². The minimum atomic E-state index is -0.492. The Labute approximate surface area is 151 Å². The highest BCUT2D eigenvalue weighted by atomic mass is 16.5. The molecular formula is C18H22N4O4. The Balaban J connectivity index is 1.51. The van der Waals surface area contributed by atoms with Crippen LogP contribution in [-0.2, 0) is 0 Å². The summed E-state index contributed by atoms with van der Waals surface area (Å²) in [6.45, 7) is 4.42. The topological polar surface area (TPSA) is 97.6 Å². The summed E-state index contributed by atoms with van der Waals surface area (Å²) in [5.74, 6) is 1.71. The van der Waals surface area contributed by atoms with E-state index >= 15 is 0 Å². The third kappa shape index (κ3) is 4.81. The first-order valence-electron chi connectivity index (χ1n) is 8.72. The predicted molar refractivity (Wildman–Crippen MR) is 95.6 cm³/mol. The Bertz CT molecular complexity index is 795. The van der Waals surface area contributed by atoms with E-state index in [0.29, 0.717) is 18.2 Å². The Morgan fingerprint density at radius 3 is 2.81 bits per heavy atom. The van der Waals surface area contributed by atoms with Crippen LogP contribution in [0.25, 0.3) is 0 Å². The monoisotopic (exact) mass is 358 g/mol. The molecule has 0 aromatic carbocycles. The van der Waals surface area contributed by atoms with Gasteiger partial charge in [-0.25, -0.2) is 9.78 Å². The van der Waals surface area contributed by atoms with E-state index in [1.54, 1.807) is 0 Å². The average molecular weight is 358 g/mol. The van der Waals surface area contributed by atoms with Crippen molar-refractivity contribution in [3.05, 3.63) is 46.3 Å². The van der Waals surface area contributed by atoms with E-state index in [-0.39, 0.29) is 18.1 Å². The van der Waals surface area contributed by atoms with Crippen LogP contribution in [0.2, 0.25) is 0 Å². The molecule has 0 saturated carbocycles. The first-order chi connectivity index (χ1) is 12.6. The van der Waals surface area contributed by atoms with Crippen LogP contribution in [0.3, 0.4) is 0 Å². The highest BCUT2D eigenvalue weighted by Gasteiger charge is 2.14. The number of carbonyl (C=O) groups is 1. The summed E-state index contributed by atoms with van der Waals surface area (Å²) in [5, 5.41) is 2.70. The smallest absolute Gasteiger partial charge is 0.335 e. The van der Waals surface area contributed by atoms with Crippen molar-refractivity contribution in [2.45, 2.75) is 26.2 Å². The van der Waals surface area contributed by atoms with Crippen molar-refractivity contribution < 1.29 is 13.9 Å². The molecule has 8 nitrogen and oxygen atoms in total. The molecule has 3 rings (SSSR count). The molecule has 1 aliphatic rings. The molecule has 3 heterocycles. The third-order valence-corrected chi connectivity index (χ3v) is 4.08. The molecule has 1 fully saturated rings. The summed E-state index contributed by atoms with van der Waals surface area (Å²) >= 11 is 0. The lowest BCUT2D eigenvalue weighted by atomic mass is 10.1. The molecule has 0 bridgehead atoms. The minimum Gasteiger partial charge on any atom is -0.476 e. The van der Waals surface area contributed by atoms with Crippen molar-refractivity contribution >= 4 is 11.7 Å². The quantitative estimate of drug-likeness (QED) is 0.782. The Morgan fingerprint density at radius 1 is 1.27 bits per heavy atom. The first-order valence-corrected chi connectivity index (χ1v) is 8.72. The summed E-state index contributed by atoms with van der Waals surface area (Å²) in [7, 11) is 0. The summed E-state index contributed by atoms with van der Waals surface area (Å²) < 4.78 is 10.3. The normalized spacial score (nSPS) is 14.1. The minimum absolute atomic E-state index is 0.276.